The van der Waals surface area contributed by atoms with Crippen molar-refractivity contribution in [1.82, 2.24) is 25.1 Å². The average molecular weight is 408 g/mol. The van der Waals surface area contributed by atoms with Crippen LogP contribution in [-0.2, 0) is 17.8 Å². The molecule has 0 fully saturated rings. The topological polar surface area (TPSA) is 63.9 Å². The summed E-state index contributed by atoms with van der Waals surface area (Å²) in [6.45, 7) is 7.68. The van der Waals surface area contributed by atoms with Crippen LogP contribution in [0.2, 0.25) is 0 Å². The lowest BCUT2D eigenvalue weighted by Gasteiger charge is -2.30. The van der Waals surface area contributed by atoms with E-state index in [1.165, 1.54) is 28.5 Å². The van der Waals surface area contributed by atoms with Crippen LogP contribution >= 0.6 is 11.8 Å². The molecule has 1 atom stereocenters. The predicted octanol–water partition coefficient (Wildman–Crippen LogP) is 3.85. The molecule has 0 saturated heterocycles. The van der Waals surface area contributed by atoms with E-state index in [1.807, 2.05) is 30.0 Å². The minimum atomic E-state index is -0.264. The van der Waals surface area contributed by atoms with Gasteiger partial charge in [0.2, 0.25) is 11.1 Å². The maximum Gasteiger partial charge on any atom is 0.236 e. The molecule has 1 aromatic heterocycles. The number of aromatic nitrogens is 4. The van der Waals surface area contributed by atoms with Crippen LogP contribution in [0.3, 0.4) is 0 Å². The predicted molar refractivity (Wildman–Crippen MR) is 114 cm³/mol. The van der Waals surface area contributed by atoms with Crippen LogP contribution < -0.4 is 0 Å². The van der Waals surface area contributed by atoms with E-state index in [1.54, 1.807) is 4.68 Å². The molecule has 2 heterocycles. The first-order valence-electron chi connectivity index (χ1n) is 9.94. The highest BCUT2D eigenvalue weighted by Gasteiger charge is 2.26. The summed E-state index contributed by atoms with van der Waals surface area (Å²) in [6, 6.07) is 16.6. The second kappa shape index (κ2) is 8.37. The number of tetrazole rings is 1. The van der Waals surface area contributed by atoms with Crippen molar-refractivity contribution in [1.29, 1.82) is 0 Å². The van der Waals surface area contributed by atoms with Crippen LogP contribution in [0.25, 0.3) is 5.69 Å². The molecule has 150 valence electrons. The van der Waals surface area contributed by atoms with Crippen molar-refractivity contribution >= 4 is 17.7 Å². The number of amides is 1. The Balaban J connectivity index is 1.46. The Morgan fingerprint density at radius 3 is 2.48 bits per heavy atom. The number of benzene rings is 2. The number of rotatable bonds is 5. The van der Waals surface area contributed by atoms with Gasteiger partial charge in [0.1, 0.15) is 0 Å². The molecule has 0 N–H and O–H groups in total. The van der Waals surface area contributed by atoms with E-state index in [9.17, 15) is 4.79 Å². The number of hydrogen-bond acceptors (Lipinski definition) is 5. The molecule has 0 saturated carbocycles. The quantitative estimate of drug-likeness (QED) is 0.601. The summed E-state index contributed by atoms with van der Waals surface area (Å²) in [6.07, 6.45) is 0.902. The Morgan fingerprint density at radius 1 is 1.03 bits per heavy atom. The lowest BCUT2D eigenvalue weighted by Crippen LogP contribution is -2.40. The standard InChI is InChI=1S/C22H25N5OS/c1-15(2)17-8-10-20(11-9-17)27-22(23-24-25-27)29-16(3)21(28)26-13-12-18-6-4-5-7-19(18)14-26/h4-11,15-16H,12-14H2,1-3H3/t16-/m0/s1. The van der Waals surface area contributed by atoms with Crippen LogP contribution in [0.15, 0.2) is 53.7 Å². The second-order valence-corrected chi connectivity index (χ2v) is 8.97. The van der Waals surface area contributed by atoms with E-state index in [0.717, 1.165) is 18.7 Å². The summed E-state index contributed by atoms with van der Waals surface area (Å²) in [7, 11) is 0. The molecule has 7 heteroatoms. The summed E-state index contributed by atoms with van der Waals surface area (Å²) < 4.78 is 1.70. The first-order chi connectivity index (χ1) is 14.0. The smallest absolute Gasteiger partial charge is 0.236 e. The normalized spacial score (nSPS) is 14.7. The monoisotopic (exact) mass is 407 g/mol. The fraction of sp³-hybridized carbons (Fsp3) is 0.364. The second-order valence-electron chi connectivity index (χ2n) is 7.66. The van der Waals surface area contributed by atoms with Gasteiger partial charge in [0.25, 0.3) is 0 Å². The molecule has 1 aliphatic rings. The molecule has 0 unspecified atom stereocenters. The Hall–Kier alpha value is -2.67. The zero-order chi connectivity index (χ0) is 20.4. The van der Waals surface area contributed by atoms with E-state index in [0.29, 0.717) is 17.6 Å². The van der Waals surface area contributed by atoms with Crippen LogP contribution in [0.4, 0.5) is 0 Å². The van der Waals surface area contributed by atoms with Gasteiger partial charge < -0.3 is 4.90 Å². The molecule has 6 nitrogen and oxygen atoms in total. The number of thioether (sulfide) groups is 1. The highest BCUT2D eigenvalue weighted by atomic mass is 32.2. The maximum absolute atomic E-state index is 13.0. The number of hydrogen-bond donors (Lipinski definition) is 0. The van der Waals surface area contributed by atoms with Crippen molar-refractivity contribution in [3.05, 3.63) is 65.2 Å². The van der Waals surface area contributed by atoms with E-state index < -0.39 is 0 Å². The van der Waals surface area contributed by atoms with Gasteiger partial charge >= 0.3 is 0 Å². The van der Waals surface area contributed by atoms with Crippen LogP contribution in [0, 0.1) is 0 Å². The Kier molecular flexibility index (Phi) is 5.67. The number of fused-ring (bicyclic) bond motifs is 1. The van der Waals surface area contributed by atoms with Gasteiger partial charge in [0.05, 0.1) is 10.9 Å². The SMILES string of the molecule is CC(C)c1ccc(-n2nnnc2S[C@@H](C)C(=O)N2CCc3ccccc3C2)cc1. The molecule has 4 rings (SSSR count). The van der Waals surface area contributed by atoms with Crippen LogP contribution in [0.1, 0.15) is 43.4 Å². The van der Waals surface area contributed by atoms with Gasteiger partial charge in [-0.25, -0.2) is 0 Å². The zero-order valence-electron chi connectivity index (χ0n) is 16.9. The maximum atomic E-state index is 13.0. The molecule has 29 heavy (non-hydrogen) atoms. The van der Waals surface area contributed by atoms with Gasteiger partial charge in [-0.1, -0.05) is 62.0 Å². The fourth-order valence-electron chi connectivity index (χ4n) is 3.56. The van der Waals surface area contributed by atoms with Crippen molar-refractivity contribution in [2.24, 2.45) is 0 Å². The van der Waals surface area contributed by atoms with Crippen molar-refractivity contribution in [2.75, 3.05) is 6.54 Å². The van der Waals surface area contributed by atoms with Gasteiger partial charge in [-0.05, 0) is 58.5 Å². The van der Waals surface area contributed by atoms with Gasteiger partial charge in [-0.2, -0.15) is 4.68 Å². The average Bonchev–Trinajstić information content (AvgIpc) is 3.21. The van der Waals surface area contributed by atoms with E-state index in [4.69, 9.17) is 0 Å². The zero-order valence-corrected chi connectivity index (χ0v) is 17.8. The largest absolute Gasteiger partial charge is 0.337 e. The number of nitrogens with zero attached hydrogens (tertiary/aromatic N) is 5. The minimum absolute atomic E-state index is 0.120. The van der Waals surface area contributed by atoms with Crippen LogP contribution in [0.5, 0.6) is 0 Å². The Bertz CT molecular complexity index is 998. The van der Waals surface area contributed by atoms with Crippen LogP contribution in [-0.4, -0.2) is 42.8 Å². The summed E-state index contributed by atoms with van der Waals surface area (Å²) in [5.41, 5.74) is 4.74. The third kappa shape index (κ3) is 4.19. The lowest BCUT2D eigenvalue weighted by atomic mass is 10.00. The third-order valence-corrected chi connectivity index (χ3v) is 6.34. The Morgan fingerprint density at radius 2 is 1.76 bits per heavy atom. The molecule has 3 aromatic rings. The number of carbonyl (C=O) groups is 1. The summed E-state index contributed by atoms with van der Waals surface area (Å²) in [4.78, 5) is 15.0. The van der Waals surface area contributed by atoms with E-state index in [2.05, 4.69) is 59.7 Å². The summed E-state index contributed by atoms with van der Waals surface area (Å²) in [5, 5.41) is 12.5. The van der Waals surface area contributed by atoms with Crippen molar-refractivity contribution in [2.45, 2.75) is 50.1 Å². The van der Waals surface area contributed by atoms with E-state index in [-0.39, 0.29) is 11.2 Å². The van der Waals surface area contributed by atoms with Gasteiger partial charge in [-0.3, -0.25) is 4.79 Å². The fourth-order valence-corrected chi connectivity index (χ4v) is 4.46. The molecule has 0 bridgehead atoms. The molecule has 0 radical (unpaired) electrons. The number of carbonyl (C=O) groups excluding carboxylic acids is 1. The molecule has 0 spiro atoms. The lowest BCUT2D eigenvalue weighted by molar-refractivity contribution is -0.131. The molecule has 0 aliphatic carbocycles. The summed E-state index contributed by atoms with van der Waals surface area (Å²) in [5.74, 6) is 0.591. The molecule has 2 aromatic carbocycles. The highest BCUT2D eigenvalue weighted by Crippen LogP contribution is 2.27. The van der Waals surface area contributed by atoms with E-state index >= 15 is 0 Å². The summed E-state index contributed by atoms with van der Waals surface area (Å²) >= 11 is 1.40. The highest BCUT2D eigenvalue weighted by molar-refractivity contribution is 8.00. The molecule has 1 amide bonds. The van der Waals surface area contributed by atoms with Crippen molar-refractivity contribution in [3.63, 3.8) is 0 Å². The van der Waals surface area contributed by atoms with Crippen molar-refractivity contribution < 1.29 is 4.79 Å². The third-order valence-electron chi connectivity index (χ3n) is 5.32. The minimum Gasteiger partial charge on any atom is -0.337 e. The van der Waals surface area contributed by atoms with Crippen molar-refractivity contribution in [3.8, 4) is 5.69 Å². The first kappa shape index (κ1) is 19.6. The molecule has 1 aliphatic heterocycles. The molecular weight excluding hydrogens is 382 g/mol. The molecular formula is C22H25N5OS. The Labute approximate surface area is 175 Å². The van der Waals surface area contributed by atoms with Gasteiger partial charge in [0.15, 0.2) is 0 Å². The van der Waals surface area contributed by atoms with Gasteiger partial charge in [0, 0.05) is 13.1 Å². The first-order valence-corrected chi connectivity index (χ1v) is 10.8. The van der Waals surface area contributed by atoms with Gasteiger partial charge in [-0.15, -0.1) is 5.10 Å².